The van der Waals surface area contributed by atoms with Crippen LogP contribution in [0.15, 0.2) is 24.3 Å². The molecule has 0 fully saturated rings. The number of hydrogen-bond donors (Lipinski definition) is 2. The first-order valence-corrected chi connectivity index (χ1v) is 6.39. The van der Waals surface area contributed by atoms with Gasteiger partial charge in [-0.25, -0.2) is 0 Å². The summed E-state index contributed by atoms with van der Waals surface area (Å²) in [5.41, 5.74) is 5.58. The zero-order valence-corrected chi connectivity index (χ0v) is 12.7. The van der Waals surface area contributed by atoms with E-state index in [1.165, 1.54) is 12.1 Å². The van der Waals surface area contributed by atoms with Gasteiger partial charge in [-0.15, -0.1) is 12.4 Å². The van der Waals surface area contributed by atoms with Gasteiger partial charge in [-0.3, -0.25) is 4.79 Å². The zero-order valence-electron chi connectivity index (χ0n) is 11.9. The molecule has 0 aliphatic rings. The maximum atomic E-state index is 12.4. The van der Waals surface area contributed by atoms with Crippen molar-refractivity contribution in [1.29, 1.82) is 0 Å². The molecule has 0 saturated heterocycles. The normalized spacial score (nSPS) is 14.0. The molecule has 0 aliphatic heterocycles. The molecule has 0 aromatic heterocycles. The van der Waals surface area contributed by atoms with Crippen LogP contribution in [0.25, 0.3) is 0 Å². The first kappa shape index (κ1) is 19.7. The molecule has 0 radical (unpaired) electrons. The van der Waals surface area contributed by atoms with Crippen molar-refractivity contribution in [2.45, 2.75) is 44.9 Å². The van der Waals surface area contributed by atoms with Crippen molar-refractivity contribution in [3.8, 4) is 0 Å². The third-order valence-corrected chi connectivity index (χ3v) is 2.74. The van der Waals surface area contributed by atoms with E-state index in [0.29, 0.717) is 6.42 Å². The molecule has 2 unspecified atom stereocenters. The molecule has 120 valence electrons. The molecule has 2 atom stereocenters. The summed E-state index contributed by atoms with van der Waals surface area (Å²) in [5, 5.41) is 2.76. The van der Waals surface area contributed by atoms with Gasteiger partial charge in [-0.2, -0.15) is 13.2 Å². The second-order valence-electron chi connectivity index (χ2n) is 5.05. The third kappa shape index (κ3) is 7.34. The van der Waals surface area contributed by atoms with Crippen LogP contribution in [0, 0.1) is 0 Å². The van der Waals surface area contributed by atoms with Crippen LogP contribution in [-0.2, 0) is 17.4 Å². The van der Waals surface area contributed by atoms with Gasteiger partial charge >= 0.3 is 6.18 Å². The summed E-state index contributed by atoms with van der Waals surface area (Å²) in [7, 11) is 0. The van der Waals surface area contributed by atoms with Crippen molar-refractivity contribution in [1.82, 2.24) is 5.32 Å². The molecule has 3 nitrogen and oxygen atoms in total. The molecule has 3 N–H and O–H groups in total. The molecule has 1 amide bonds. The molecule has 7 heteroatoms. The predicted molar refractivity (Wildman–Crippen MR) is 78.3 cm³/mol. The largest absolute Gasteiger partial charge is 0.416 e. The molecule has 1 aromatic carbocycles. The average Bonchev–Trinajstić information content (AvgIpc) is 2.26. The van der Waals surface area contributed by atoms with Crippen LogP contribution in [0.5, 0.6) is 0 Å². The Morgan fingerprint density at radius 2 is 1.76 bits per heavy atom. The van der Waals surface area contributed by atoms with Gasteiger partial charge < -0.3 is 11.1 Å². The van der Waals surface area contributed by atoms with E-state index in [1.54, 1.807) is 13.8 Å². The maximum Gasteiger partial charge on any atom is 0.416 e. The van der Waals surface area contributed by atoms with Crippen molar-refractivity contribution in [3.63, 3.8) is 0 Å². The highest BCUT2D eigenvalue weighted by Gasteiger charge is 2.29. The van der Waals surface area contributed by atoms with Crippen LogP contribution >= 0.6 is 12.4 Å². The number of nitrogens with two attached hydrogens (primary N) is 1. The van der Waals surface area contributed by atoms with Gasteiger partial charge in [0.25, 0.3) is 0 Å². The minimum absolute atomic E-state index is 0. The summed E-state index contributed by atoms with van der Waals surface area (Å²) in [6.07, 6.45) is -3.62. The third-order valence-electron chi connectivity index (χ3n) is 2.74. The predicted octanol–water partition coefficient (Wildman–Crippen LogP) is 2.91. The fourth-order valence-electron chi connectivity index (χ4n) is 1.86. The van der Waals surface area contributed by atoms with Crippen LogP contribution in [0.2, 0.25) is 0 Å². The summed E-state index contributed by atoms with van der Waals surface area (Å²) in [4.78, 5) is 11.5. The molecule has 0 heterocycles. The number of alkyl halides is 3. The van der Waals surface area contributed by atoms with E-state index in [1.807, 2.05) is 0 Å². The highest BCUT2D eigenvalue weighted by molar-refractivity contribution is 5.85. The summed E-state index contributed by atoms with van der Waals surface area (Å²) in [5.74, 6) is -0.153. The Morgan fingerprint density at radius 1 is 1.24 bits per heavy atom. The molecular weight excluding hydrogens is 305 g/mol. The van der Waals surface area contributed by atoms with Crippen LogP contribution < -0.4 is 11.1 Å². The van der Waals surface area contributed by atoms with E-state index in [0.717, 1.165) is 17.7 Å². The van der Waals surface area contributed by atoms with E-state index >= 15 is 0 Å². The fourth-order valence-corrected chi connectivity index (χ4v) is 1.86. The van der Waals surface area contributed by atoms with Gasteiger partial charge in [-0.05, 0) is 38.0 Å². The monoisotopic (exact) mass is 324 g/mol. The molecular formula is C14H20ClF3N2O. The second-order valence-corrected chi connectivity index (χ2v) is 5.05. The number of carbonyl (C=O) groups excluding carboxylic acids is 1. The number of carbonyl (C=O) groups is 1. The molecule has 1 rings (SSSR count). The highest BCUT2D eigenvalue weighted by atomic mass is 35.5. The lowest BCUT2D eigenvalue weighted by molar-refractivity contribution is -0.137. The maximum absolute atomic E-state index is 12.4. The van der Waals surface area contributed by atoms with Gasteiger partial charge in [0.1, 0.15) is 0 Å². The van der Waals surface area contributed by atoms with Crippen LogP contribution in [0.4, 0.5) is 13.2 Å². The average molecular weight is 325 g/mol. The SMILES string of the molecule is CC(N)CC(=O)NC(C)Cc1ccc(C(F)(F)F)cc1.Cl. The molecule has 0 bridgehead atoms. The topological polar surface area (TPSA) is 55.1 Å². The minimum atomic E-state index is -4.32. The lowest BCUT2D eigenvalue weighted by Gasteiger charge is -2.15. The van der Waals surface area contributed by atoms with E-state index < -0.39 is 11.7 Å². The van der Waals surface area contributed by atoms with Crippen molar-refractivity contribution in [2.75, 3.05) is 0 Å². The Labute approximate surface area is 128 Å². The summed E-state index contributed by atoms with van der Waals surface area (Å²) in [6.45, 7) is 3.54. The first-order valence-electron chi connectivity index (χ1n) is 6.39. The number of nitrogens with one attached hydrogen (secondary N) is 1. The van der Waals surface area contributed by atoms with Gasteiger partial charge in [0.2, 0.25) is 5.91 Å². The van der Waals surface area contributed by atoms with E-state index in [2.05, 4.69) is 5.32 Å². The summed E-state index contributed by atoms with van der Waals surface area (Å²) >= 11 is 0. The molecule has 1 aromatic rings. The number of amides is 1. The van der Waals surface area contributed by atoms with Crippen LogP contribution in [0.3, 0.4) is 0 Å². The standard InChI is InChI=1S/C14H19F3N2O.ClH/c1-9(18)7-13(20)19-10(2)8-11-3-5-12(6-4-11)14(15,16)17;/h3-6,9-10H,7-8,18H2,1-2H3,(H,19,20);1H. The molecule has 21 heavy (non-hydrogen) atoms. The molecule has 0 aliphatic carbocycles. The van der Waals surface area contributed by atoms with Crippen LogP contribution in [-0.4, -0.2) is 18.0 Å². The number of rotatable bonds is 5. The van der Waals surface area contributed by atoms with Gasteiger partial charge in [-0.1, -0.05) is 12.1 Å². The van der Waals surface area contributed by atoms with E-state index in [4.69, 9.17) is 5.73 Å². The minimum Gasteiger partial charge on any atom is -0.353 e. The number of hydrogen-bond acceptors (Lipinski definition) is 2. The van der Waals surface area contributed by atoms with Crippen molar-refractivity contribution in [3.05, 3.63) is 35.4 Å². The Balaban J connectivity index is 0.00000400. The Hall–Kier alpha value is -1.27. The zero-order chi connectivity index (χ0) is 15.3. The van der Waals surface area contributed by atoms with Crippen LogP contribution in [0.1, 0.15) is 31.4 Å². The fraction of sp³-hybridized carbons (Fsp3) is 0.500. The second kappa shape index (κ2) is 8.24. The lowest BCUT2D eigenvalue weighted by Crippen LogP contribution is -2.37. The Kier molecular flexibility index (Phi) is 7.74. The van der Waals surface area contributed by atoms with E-state index in [9.17, 15) is 18.0 Å². The van der Waals surface area contributed by atoms with E-state index in [-0.39, 0.29) is 36.8 Å². The number of halogens is 4. The highest BCUT2D eigenvalue weighted by Crippen LogP contribution is 2.29. The quantitative estimate of drug-likeness (QED) is 0.875. The first-order chi connectivity index (χ1) is 9.18. The smallest absolute Gasteiger partial charge is 0.353 e. The van der Waals surface area contributed by atoms with Gasteiger partial charge in [0, 0.05) is 18.5 Å². The van der Waals surface area contributed by atoms with Gasteiger partial charge in [0.05, 0.1) is 5.56 Å². The number of benzene rings is 1. The Morgan fingerprint density at radius 3 is 2.19 bits per heavy atom. The van der Waals surface area contributed by atoms with Gasteiger partial charge in [0.15, 0.2) is 0 Å². The molecule has 0 saturated carbocycles. The molecule has 0 spiro atoms. The van der Waals surface area contributed by atoms with Crippen molar-refractivity contribution < 1.29 is 18.0 Å². The summed E-state index contributed by atoms with van der Waals surface area (Å²) in [6, 6.07) is 4.58. The van der Waals surface area contributed by atoms with Crippen molar-refractivity contribution in [2.24, 2.45) is 5.73 Å². The Bertz CT molecular complexity index is 447. The lowest BCUT2D eigenvalue weighted by atomic mass is 10.0. The summed E-state index contributed by atoms with van der Waals surface area (Å²) < 4.78 is 37.2. The van der Waals surface area contributed by atoms with Crippen molar-refractivity contribution >= 4 is 18.3 Å².